The van der Waals surface area contributed by atoms with E-state index in [1.165, 1.54) is 0 Å². The van der Waals surface area contributed by atoms with Gasteiger partial charge >= 0.3 is 0 Å². The summed E-state index contributed by atoms with van der Waals surface area (Å²) in [4.78, 5) is 13.9. The molecule has 0 aliphatic carbocycles. The summed E-state index contributed by atoms with van der Waals surface area (Å²) in [6, 6.07) is 2.98. The minimum atomic E-state index is -0.874. The maximum absolute atomic E-state index is 13.3. The third kappa shape index (κ3) is 2.97. The number of halogens is 1. The van der Waals surface area contributed by atoms with Crippen LogP contribution in [0.15, 0.2) is 22.7 Å². The molecule has 0 aliphatic rings. The summed E-state index contributed by atoms with van der Waals surface area (Å²) in [7, 11) is 0. The number of nitro benzene ring substituents is 1. The van der Waals surface area contributed by atoms with Crippen molar-refractivity contribution < 1.29 is 18.9 Å². The van der Waals surface area contributed by atoms with Gasteiger partial charge in [0, 0.05) is 11.6 Å². The van der Waals surface area contributed by atoms with E-state index in [1.807, 2.05) is 6.92 Å². The Hall–Kier alpha value is -2.35. The molecule has 0 radical (unpaired) electrons. The molecule has 106 valence electrons. The van der Waals surface area contributed by atoms with E-state index in [0.29, 0.717) is 6.42 Å². The van der Waals surface area contributed by atoms with E-state index >= 15 is 0 Å². The maximum Gasteiger partial charge on any atom is 0.273 e. The van der Waals surface area contributed by atoms with Gasteiger partial charge in [0.25, 0.3) is 11.6 Å². The quantitative estimate of drug-likeness (QED) is 0.667. The van der Waals surface area contributed by atoms with E-state index in [1.54, 1.807) is 0 Å². The third-order valence-corrected chi connectivity index (χ3v) is 2.64. The average Bonchev–Trinajstić information content (AvgIpc) is 2.88. The summed E-state index contributed by atoms with van der Waals surface area (Å²) in [6.07, 6.45) is 0.319. The van der Waals surface area contributed by atoms with Crippen LogP contribution in [0.3, 0.4) is 0 Å². The van der Waals surface area contributed by atoms with Gasteiger partial charge in [-0.05, 0) is 12.5 Å². The molecule has 0 bridgehead atoms. The molecule has 1 N–H and O–H groups in total. The lowest BCUT2D eigenvalue weighted by molar-refractivity contribution is -0.385. The van der Waals surface area contributed by atoms with Gasteiger partial charge in [-0.15, -0.1) is 0 Å². The highest BCUT2D eigenvalue weighted by molar-refractivity contribution is 5.57. The summed E-state index contributed by atoms with van der Waals surface area (Å²) in [5.41, 5.74) is -0.312. The SMILES string of the molecule is CCCC(O)c1noc(-c2cc(F)cc([N+](=O)[O-])c2)n1. The Morgan fingerprint density at radius 1 is 1.50 bits per heavy atom. The zero-order valence-corrected chi connectivity index (χ0v) is 10.6. The Morgan fingerprint density at radius 3 is 2.90 bits per heavy atom. The predicted molar refractivity (Wildman–Crippen MR) is 66.2 cm³/mol. The first-order chi connectivity index (χ1) is 9.51. The van der Waals surface area contributed by atoms with Gasteiger partial charge in [-0.3, -0.25) is 10.1 Å². The van der Waals surface area contributed by atoms with Crippen LogP contribution in [0.2, 0.25) is 0 Å². The number of nitrogens with zero attached hydrogens (tertiary/aromatic N) is 3. The van der Waals surface area contributed by atoms with Crippen molar-refractivity contribution in [2.24, 2.45) is 0 Å². The van der Waals surface area contributed by atoms with Crippen molar-refractivity contribution in [3.05, 3.63) is 40.0 Å². The zero-order valence-electron chi connectivity index (χ0n) is 10.6. The van der Waals surface area contributed by atoms with Crippen molar-refractivity contribution in [3.63, 3.8) is 0 Å². The lowest BCUT2D eigenvalue weighted by Crippen LogP contribution is -1.98. The molecular weight excluding hydrogens is 269 g/mol. The lowest BCUT2D eigenvalue weighted by Gasteiger charge is -2.01. The van der Waals surface area contributed by atoms with Crippen molar-refractivity contribution in [3.8, 4) is 11.5 Å². The zero-order chi connectivity index (χ0) is 14.7. The van der Waals surface area contributed by atoms with Gasteiger partial charge in [0.1, 0.15) is 11.9 Å². The molecule has 1 heterocycles. The van der Waals surface area contributed by atoms with Gasteiger partial charge in [0.15, 0.2) is 0 Å². The van der Waals surface area contributed by atoms with Gasteiger partial charge in [-0.25, -0.2) is 4.39 Å². The van der Waals surface area contributed by atoms with Gasteiger partial charge in [0.05, 0.1) is 11.0 Å². The summed E-state index contributed by atoms with van der Waals surface area (Å²) < 4.78 is 18.2. The molecule has 1 atom stereocenters. The molecule has 1 aromatic carbocycles. The standard InChI is InChI=1S/C12H12FN3O4/c1-2-3-10(17)11-14-12(20-15-11)7-4-8(13)6-9(5-7)16(18)19/h4-6,10,17H,2-3H2,1H3. The normalized spacial score (nSPS) is 12.3. The second-order valence-corrected chi connectivity index (χ2v) is 4.22. The molecule has 0 spiro atoms. The summed E-state index contributed by atoms with van der Waals surface area (Å²) in [5, 5.41) is 24.0. The number of aliphatic hydroxyl groups excluding tert-OH is 1. The van der Waals surface area contributed by atoms with Crippen LogP contribution in [0.1, 0.15) is 31.7 Å². The van der Waals surface area contributed by atoms with E-state index in [-0.39, 0.29) is 17.3 Å². The molecule has 7 nitrogen and oxygen atoms in total. The fraction of sp³-hybridized carbons (Fsp3) is 0.333. The predicted octanol–water partition coefficient (Wildman–Crippen LogP) is 2.62. The topological polar surface area (TPSA) is 102 Å². The van der Waals surface area contributed by atoms with Crippen molar-refractivity contribution in [2.75, 3.05) is 0 Å². The maximum atomic E-state index is 13.3. The molecule has 0 fully saturated rings. The van der Waals surface area contributed by atoms with Gasteiger partial charge in [-0.1, -0.05) is 18.5 Å². The van der Waals surface area contributed by atoms with Gasteiger partial charge in [0.2, 0.25) is 5.82 Å². The van der Waals surface area contributed by atoms with Crippen LogP contribution in [-0.2, 0) is 0 Å². The molecule has 2 aromatic rings. The molecule has 2 rings (SSSR count). The van der Waals surface area contributed by atoms with Crippen molar-refractivity contribution >= 4 is 5.69 Å². The Labute approximate surface area is 113 Å². The first-order valence-corrected chi connectivity index (χ1v) is 5.98. The smallest absolute Gasteiger partial charge is 0.273 e. The van der Waals surface area contributed by atoms with Crippen LogP contribution < -0.4 is 0 Å². The number of aromatic nitrogens is 2. The van der Waals surface area contributed by atoms with Crippen LogP contribution in [0, 0.1) is 15.9 Å². The highest BCUT2D eigenvalue weighted by Gasteiger charge is 2.18. The van der Waals surface area contributed by atoms with Crippen LogP contribution in [0.4, 0.5) is 10.1 Å². The molecule has 0 aliphatic heterocycles. The molecule has 20 heavy (non-hydrogen) atoms. The minimum absolute atomic E-state index is 0.0715. The van der Waals surface area contributed by atoms with Crippen molar-refractivity contribution in [2.45, 2.75) is 25.9 Å². The van der Waals surface area contributed by atoms with Gasteiger partial charge < -0.3 is 9.63 Å². The second kappa shape index (κ2) is 5.74. The molecule has 8 heteroatoms. The highest BCUT2D eigenvalue weighted by atomic mass is 19.1. The first kappa shape index (κ1) is 14.1. The van der Waals surface area contributed by atoms with Crippen LogP contribution in [0.5, 0.6) is 0 Å². The fourth-order valence-corrected chi connectivity index (χ4v) is 1.69. The summed E-state index contributed by atoms with van der Waals surface area (Å²) >= 11 is 0. The number of nitro groups is 1. The fourth-order valence-electron chi connectivity index (χ4n) is 1.69. The largest absolute Gasteiger partial charge is 0.385 e. The molecule has 0 amide bonds. The Morgan fingerprint density at radius 2 is 2.25 bits per heavy atom. The number of non-ortho nitro benzene ring substituents is 1. The average molecular weight is 281 g/mol. The van der Waals surface area contributed by atoms with Crippen molar-refractivity contribution in [1.29, 1.82) is 0 Å². The number of hydrogen-bond acceptors (Lipinski definition) is 6. The number of rotatable bonds is 5. The number of aliphatic hydroxyl groups is 1. The highest BCUT2D eigenvalue weighted by Crippen LogP contribution is 2.26. The Bertz CT molecular complexity index is 629. The van der Waals surface area contributed by atoms with E-state index in [0.717, 1.165) is 24.6 Å². The third-order valence-electron chi connectivity index (χ3n) is 2.64. The van der Waals surface area contributed by atoms with Gasteiger partial charge in [-0.2, -0.15) is 4.98 Å². The van der Waals surface area contributed by atoms with E-state index < -0.39 is 22.5 Å². The Kier molecular flexibility index (Phi) is 4.04. The number of benzene rings is 1. The van der Waals surface area contributed by atoms with Crippen molar-refractivity contribution in [1.82, 2.24) is 10.1 Å². The first-order valence-electron chi connectivity index (χ1n) is 5.98. The number of hydrogen-bond donors (Lipinski definition) is 1. The van der Waals surface area contributed by atoms with Crippen LogP contribution in [-0.4, -0.2) is 20.2 Å². The summed E-state index contributed by atoms with van der Waals surface area (Å²) in [5.74, 6) is -0.769. The molecule has 0 saturated carbocycles. The second-order valence-electron chi connectivity index (χ2n) is 4.22. The monoisotopic (exact) mass is 281 g/mol. The van der Waals surface area contributed by atoms with E-state index in [9.17, 15) is 19.6 Å². The molecule has 1 aromatic heterocycles. The summed E-state index contributed by atoms with van der Waals surface area (Å²) in [6.45, 7) is 1.89. The van der Waals surface area contributed by atoms with E-state index in [4.69, 9.17) is 4.52 Å². The molecule has 1 unspecified atom stereocenters. The molecule has 0 saturated heterocycles. The lowest BCUT2D eigenvalue weighted by atomic mass is 10.2. The van der Waals surface area contributed by atoms with Crippen LogP contribution in [0.25, 0.3) is 11.5 Å². The molecular formula is C12H12FN3O4. The van der Waals surface area contributed by atoms with Crippen LogP contribution >= 0.6 is 0 Å². The minimum Gasteiger partial charge on any atom is -0.385 e. The Balaban J connectivity index is 2.34. The van der Waals surface area contributed by atoms with E-state index in [2.05, 4.69) is 10.1 Å².